The van der Waals surface area contributed by atoms with Crippen LogP contribution in [-0.2, 0) is 0 Å². The number of anilines is 1. The van der Waals surface area contributed by atoms with E-state index in [2.05, 4.69) is 10.2 Å². The summed E-state index contributed by atoms with van der Waals surface area (Å²) in [5.74, 6) is 0.471. The van der Waals surface area contributed by atoms with E-state index in [9.17, 15) is 4.39 Å². The van der Waals surface area contributed by atoms with Crippen molar-refractivity contribution in [3.05, 3.63) is 11.8 Å². The number of nitrogens with zero attached hydrogens (tertiary/aromatic N) is 1. The van der Waals surface area contributed by atoms with Crippen LogP contribution in [0, 0.1) is 0 Å². The molecule has 0 aliphatic heterocycles. The number of aromatic amines is 1. The number of hydrogen-bond acceptors (Lipinski definition) is 2. The summed E-state index contributed by atoms with van der Waals surface area (Å²) < 4.78 is 12.4. The van der Waals surface area contributed by atoms with Crippen molar-refractivity contribution in [1.29, 1.82) is 0 Å². The van der Waals surface area contributed by atoms with Crippen LogP contribution in [0.4, 0.5) is 10.2 Å². The van der Waals surface area contributed by atoms with E-state index < -0.39 is 6.17 Å². The standard InChI is InChI=1S/C6H8FN3/c7-4-1-3(4)5-2-6(8)10-9-5/h2-4H,1H2,(H3,8,9,10). The zero-order valence-corrected chi connectivity index (χ0v) is 5.34. The Morgan fingerprint density at radius 2 is 2.50 bits per heavy atom. The number of nitrogen functional groups attached to an aromatic ring is 1. The first-order valence-electron chi connectivity index (χ1n) is 3.22. The summed E-state index contributed by atoms with van der Waals surface area (Å²) in [5, 5.41) is 6.38. The summed E-state index contributed by atoms with van der Waals surface area (Å²) in [6.45, 7) is 0. The molecule has 1 fully saturated rings. The van der Waals surface area contributed by atoms with E-state index in [0.29, 0.717) is 12.2 Å². The smallest absolute Gasteiger partial charge is 0.145 e. The van der Waals surface area contributed by atoms with Crippen LogP contribution in [-0.4, -0.2) is 16.4 Å². The summed E-state index contributed by atoms with van der Waals surface area (Å²) in [7, 11) is 0. The molecule has 3 N–H and O–H groups in total. The van der Waals surface area contributed by atoms with Gasteiger partial charge in [-0.05, 0) is 6.42 Å². The fourth-order valence-corrected chi connectivity index (χ4v) is 1.03. The Kier molecular flexibility index (Phi) is 0.977. The number of H-pyrrole nitrogens is 1. The first kappa shape index (κ1) is 5.70. The maximum Gasteiger partial charge on any atom is 0.145 e. The normalized spacial score (nSPS) is 30.5. The molecule has 0 bridgehead atoms. The second-order valence-electron chi connectivity index (χ2n) is 2.61. The summed E-state index contributed by atoms with van der Waals surface area (Å²) in [4.78, 5) is 0. The summed E-state index contributed by atoms with van der Waals surface area (Å²) in [6.07, 6.45) is -0.0680. The molecule has 1 aromatic rings. The SMILES string of the molecule is Nc1cc(C2CC2F)[nH]n1. The van der Waals surface area contributed by atoms with E-state index in [4.69, 9.17) is 5.73 Å². The van der Waals surface area contributed by atoms with E-state index in [-0.39, 0.29) is 5.92 Å². The van der Waals surface area contributed by atoms with E-state index in [1.54, 1.807) is 6.07 Å². The quantitative estimate of drug-likeness (QED) is 0.608. The third-order valence-corrected chi connectivity index (χ3v) is 1.73. The molecule has 1 aromatic heterocycles. The molecule has 1 saturated carbocycles. The summed E-state index contributed by atoms with van der Waals surface area (Å²) >= 11 is 0. The molecule has 0 saturated heterocycles. The lowest BCUT2D eigenvalue weighted by atomic mass is 10.3. The van der Waals surface area contributed by atoms with Crippen molar-refractivity contribution in [1.82, 2.24) is 10.2 Å². The average molecular weight is 141 g/mol. The molecule has 0 spiro atoms. The van der Waals surface area contributed by atoms with Crippen molar-refractivity contribution in [2.75, 3.05) is 5.73 Å². The largest absolute Gasteiger partial charge is 0.382 e. The van der Waals surface area contributed by atoms with Crippen LogP contribution in [0.1, 0.15) is 18.0 Å². The fraction of sp³-hybridized carbons (Fsp3) is 0.500. The number of nitrogens with one attached hydrogen (secondary N) is 1. The average Bonchev–Trinajstić information content (AvgIpc) is 2.42. The predicted octanol–water partition coefficient (Wildman–Crippen LogP) is 0.817. The third kappa shape index (κ3) is 0.761. The molecule has 0 amide bonds. The van der Waals surface area contributed by atoms with E-state index in [1.807, 2.05) is 0 Å². The van der Waals surface area contributed by atoms with Gasteiger partial charge in [0.15, 0.2) is 0 Å². The van der Waals surface area contributed by atoms with Crippen LogP contribution in [0.15, 0.2) is 6.07 Å². The first-order valence-corrected chi connectivity index (χ1v) is 3.22. The number of nitrogens with two attached hydrogens (primary N) is 1. The zero-order valence-electron chi connectivity index (χ0n) is 5.34. The lowest BCUT2D eigenvalue weighted by molar-refractivity contribution is 0.466. The second-order valence-corrected chi connectivity index (χ2v) is 2.61. The Labute approximate surface area is 57.4 Å². The highest BCUT2D eigenvalue weighted by Gasteiger charge is 2.39. The Morgan fingerprint density at radius 3 is 2.90 bits per heavy atom. The van der Waals surface area contributed by atoms with E-state index in [0.717, 1.165) is 5.69 Å². The second kappa shape index (κ2) is 1.71. The molecular formula is C6H8FN3. The first-order chi connectivity index (χ1) is 4.77. The topological polar surface area (TPSA) is 54.7 Å². The molecule has 2 unspecified atom stereocenters. The number of alkyl halides is 1. The molecule has 0 aromatic carbocycles. The highest BCUT2D eigenvalue weighted by Crippen LogP contribution is 2.42. The van der Waals surface area contributed by atoms with Crippen molar-refractivity contribution in [2.45, 2.75) is 18.5 Å². The predicted molar refractivity (Wildman–Crippen MR) is 35.3 cm³/mol. The summed E-state index contributed by atoms with van der Waals surface area (Å²) in [6, 6.07) is 1.68. The number of hydrogen-bond donors (Lipinski definition) is 2. The van der Waals surface area contributed by atoms with Crippen LogP contribution in [0.2, 0.25) is 0 Å². The number of rotatable bonds is 1. The number of aromatic nitrogens is 2. The van der Waals surface area contributed by atoms with Crippen LogP contribution >= 0.6 is 0 Å². The van der Waals surface area contributed by atoms with Crippen LogP contribution in [0.5, 0.6) is 0 Å². The zero-order chi connectivity index (χ0) is 7.14. The molecule has 54 valence electrons. The van der Waals surface area contributed by atoms with Gasteiger partial charge in [0.05, 0.1) is 0 Å². The van der Waals surface area contributed by atoms with E-state index in [1.165, 1.54) is 0 Å². The van der Waals surface area contributed by atoms with Crippen molar-refractivity contribution in [3.63, 3.8) is 0 Å². The van der Waals surface area contributed by atoms with Gasteiger partial charge in [0.2, 0.25) is 0 Å². The Balaban J connectivity index is 2.20. The maximum absolute atomic E-state index is 12.4. The van der Waals surface area contributed by atoms with Gasteiger partial charge in [-0.3, -0.25) is 5.10 Å². The fourth-order valence-electron chi connectivity index (χ4n) is 1.03. The molecule has 10 heavy (non-hydrogen) atoms. The molecular weight excluding hydrogens is 133 g/mol. The lowest BCUT2D eigenvalue weighted by Crippen LogP contribution is -1.81. The minimum absolute atomic E-state index is 0.0322. The molecule has 2 rings (SSSR count). The monoisotopic (exact) mass is 141 g/mol. The van der Waals surface area contributed by atoms with E-state index >= 15 is 0 Å². The van der Waals surface area contributed by atoms with Gasteiger partial charge in [0.1, 0.15) is 12.0 Å². The summed E-state index contributed by atoms with van der Waals surface area (Å²) in [5.41, 5.74) is 6.15. The van der Waals surface area contributed by atoms with Gasteiger partial charge < -0.3 is 5.73 Å². The molecule has 3 nitrogen and oxygen atoms in total. The molecule has 0 radical (unpaired) electrons. The lowest BCUT2D eigenvalue weighted by Gasteiger charge is -1.84. The van der Waals surface area contributed by atoms with Crippen molar-refractivity contribution >= 4 is 5.82 Å². The van der Waals surface area contributed by atoms with Crippen LogP contribution < -0.4 is 5.73 Å². The van der Waals surface area contributed by atoms with Crippen molar-refractivity contribution in [2.24, 2.45) is 0 Å². The number of halogens is 1. The minimum atomic E-state index is -0.681. The molecule has 1 aliphatic rings. The van der Waals surface area contributed by atoms with Gasteiger partial charge in [0, 0.05) is 17.7 Å². The molecule has 1 aliphatic carbocycles. The van der Waals surface area contributed by atoms with Crippen molar-refractivity contribution in [3.8, 4) is 0 Å². The van der Waals surface area contributed by atoms with Gasteiger partial charge in [-0.2, -0.15) is 5.10 Å². The van der Waals surface area contributed by atoms with Crippen LogP contribution in [0.3, 0.4) is 0 Å². The van der Waals surface area contributed by atoms with Crippen LogP contribution in [0.25, 0.3) is 0 Å². The third-order valence-electron chi connectivity index (χ3n) is 1.73. The van der Waals surface area contributed by atoms with Gasteiger partial charge in [-0.15, -0.1) is 0 Å². The molecule has 4 heteroatoms. The highest BCUT2D eigenvalue weighted by atomic mass is 19.1. The Bertz CT molecular complexity index is 245. The highest BCUT2D eigenvalue weighted by molar-refractivity contribution is 5.32. The van der Waals surface area contributed by atoms with Gasteiger partial charge in [-0.25, -0.2) is 4.39 Å². The van der Waals surface area contributed by atoms with Gasteiger partial charge >= 0.3 is 0 Å². The molecule has 1 heterocycles. The maximum atomic E-state index is 12.4. The Hall–Kier alpha value is -1.06. The van der Waals surface area contributed by atoms with Gasteiger partial charge in [0.25, 0.3) is 0 Å². The molecule has 2 atom stereocenters. The Morgan fingerprint density at radius 1 is 1.80 bits per heavy atom. The van der Waals surface area contributed by atoms with Crippen molar-refractivity contribution < 1.29 is 4.39 Å². The van der Waals surface area contributed by atoms with Gasteiger partial charge in [-0.1, -0.05) is 0 Å². The minimum Gasteiger partial charge on any atom is -0.382 e.